The molecule has 3 atom stereocenters. The Morgan fingerprint density at radius 1 is 1.08 bits per heavy atom. The minimum atomic E-state index is -0.843. The Bertz CT molecular complexity index is 853. The summed E-state index contributed by atoms with van der Waals surface area (Å²) >= 11 is 0. The largest absolute Gasteiger partial charge is 0.463 e. The van der Waals surface area contributed by atoms with E-state index in [9.17, 15) is 19.2 Å². The number of likely N-dealkylation sites (N-methyl/N-ethyl adjacent to an activating group) is 1. The van der Waals surface area contributed by atoms with Crippen LogP contribution >= 0.6 is 0 Å². The lowest BCUT2D eigenvalue weighted by Gasteiger charge is -2.40. The molecular weight excluding hydrogens is 474 g/mol. The number of hydrogen-bond donors (Lipinski definition) is 1. The van der Waals surface area contributed by atoms with Crippen molar-refractivity contribution < 1.29 is 28.7 Å². The van der Waals surface area contributed by atoms with Crippen molar-refractivity contribution in [2.75, 3.05) is 20.2 Å². The predicted octanol–water partition coefficient (Wildman–Crippen LogP) is 4.30. The molecule has 0 aliphatic carbocycles. The van der Waals surface area contributed by atoms with Crippen molar-refractivity contribution in [3.8, 4) is 0 Å². The molecule has 0 bridgehead atoms. The minimum Gasteiger partial charge on any atom is -0.463 e. The van der Waals surface area contributed by atoms with Crippen LogP contribution in [0, 0.1) is 11.3 Å². The maximum atomic E-state index is 13.8. The lowest BCUT2D eigenvalue weighted by molar-refractivity contribution is -0.142. The van der Waals surface area contributed by atoms with Gasteiger partial charge < -0.3 is 19.7 Å². The van der Waals surface area contributed by atoms with Crippen LogP contribution in [0.5, 0.6) is 0 Å². The molecule has 1 N–H and O–H groups in total. The Morgan fingerprint density at radius 3 is 2.16 bits per heavy atom. The van der Waals surface area contributed by atoms with Gasteiger partial charge in [0.05, 0.1) is 12.6 Å². The third kappa shape index (κ3) is 9.67. The van der Waals surface area contributed by atoms with Crippen molar-refractivity contribution in [1.82, 2.24) is 15.1 Å². The minimum absolute atomic E-state index is 0.00986. The monoisotopic (exact) mass is 523 g/mol. The van der Waals surface area contributed by atoms with Gasteiger partial charge in [0.25, 0.3) is 0 Å². The highest BCUT2D eigenvalue weighted by Gasteiger charge is 2.41. The van der Waals surface area contributed by atoms with E-state index < -0.39 is 35.2 Å². The number of nitrogens with one attached hydrogen (secondary N) is 1. The smallest absolute Gasteiger partial charge is 0.410 e. The van der Waals surface area contributed by atoms with Gasteiger partial charge in [0, 0.05) is 19.2 Å². The summed E-state index contributed by atoms with van der Waals surface area (Å²) in [5.74, 6) is -1.05. The molecule has 0 aromatic heterocycles. The predicted molar refractivity (Wildman–Crippen MR) is 144 cm³/mol. The Hall–Kier alpha value is -2.58. The van der Waals surface area contributed by atoms with Gasteiger partial charge in [-0.05, 0) is 65.2 Å². The molecule has 0 saturated carbocycles. The quantitative estimate of drug-likeness (QED) is 0.376. The molecule has 3 unspecified atom stereocenters. The molecule has 9 nitrogen and oxygen atoms in total. The average molecular weight is 524 g/mol. The van der Waals surface area contributed by atoms with Crippen LogP contribution in [0.25, 0.3) is 0 Å². The SMILES string of the molecule is CCOC(=O)/C(C)=C/C(C(C)C)N(C)C(=O)C(NC(=O)C1CCCCN1C(=O)OC(C)(C)C)C(C)(C)C. The summed E-state index contributed by atoms with van der Waals surface area (Å²) in [6.45, 7) is 19.1. The number of hydrogen-bond acceptors (Lipinski definition) is 6. The van der Waals surface area contributed by atoms with Gasteiger partial charge in [-0.1, -0.05) is 40.7 Å². The first kappa shape index (κ1) is 32.4. The summed E-state index contributed by atoms with van der Waals surface area (Å²) < 4.78 is 10.6. The van der Waals surface area contributed by atoms with Gasteiger partial charge in [0.15, 0.2) is 0 Å². The van der Waals surface area contributed by atoms with Crippen LogP contribution < -0.4 is 5.32 Å². The molecule has 212 valence electrons. The Morgan fingerprint density at radius 2 is 1.68 bits per heavy atom. The van der Waals surface area contributed by atoms with E-state index in [0.29, 0.717) is 18.5 Å². The second kappa shape index (κ2) is 13.3. The summed E-state index contributed by atoms with van der Waals surface area (Å²) in [4.78, 5) is 55.4. The zero-order valence-electron chi connectivity index (χ0n) is 24.8. The van der Waals surface area contributed by atoms with E-state index in [-0.39, 0.29) is 30.4 Å². The van der Waals surface area contributed by atoms with Gasteiger partial charge in [-0.2, -0.15) is 0 Å². The van der Waals surface area contributed by atoms with Crippen molar-refractivity contribution in [3.63, 3.8) is 0 Å². The molecule has 0 aromatic carbocycles. The molecule has 1 heterocycles. The lowest BCUT2D eigenvalue weighted by Crippen LogP contribution is -2.60. The van der Waals surface area contributed by atoms with Crippen molar-refractivity contribution in [3.05, 3.63) is 11.6 Å². The highest BCUT2D eigenvalue weighted by atomic mass is 16.6. The Labute approximate surface area is 223 Å². The molecule has 3 amide bonds. The van der Waals surface area contributed by atoms with Gasteiger partial charge in [-0.3, -0.25) is 14.5 Å². The summed E-state index contributed by atoms with van der Waals surface area (Å²) in [5, 5.41) is 2.95. The first-order chi connectivity index (χ1) is 16.9. The second-order valence-electron chi connectivity index (χ2n) is 12.2. The first-order valence-corrected chi connectivity index (χ1v) is 13.3. The lowest BCUT2D eigenvalue weighted by atomic mass is 9.84. The second-order valence-corrected chi connectivity index (χ2v) is 12.2. The molecule has 0 aromatic rings. The third-order valence-corrected chi connectivity index (χ3v) is 6.33. The standard InChI is InChI=1S/C28H49N3O6/c1-12-36-25(34)19(4)17-21(18(2)3)30(11)24(33)22(27(5,6)7)29-23(32)20-15-13-14-16-31(20)26(35)37-28(8,9)10/h17-18,20-22H,12-16H2,1-11H3,(H,29,32)/b19-17+. The fourth-order valence-electron chi connectivity index (χ4n) is 4.30. The average Bonchev–Trinajstić information content (AvgIpc) is 2.77. The van der Waals surface area contributed by atoms with Crippen molar-refractivity contribution >= 4 is 23.9 Å². The van der Waals surface area contributed by atoms with Gasteiger partial charge in [0.2, 0.25) is 11.8 Å². The van der Waals surface area contributed by atoms with E-state index in [0.717, 1.165) is 12.8 Å². The number of carbonyl (C=O) groups excluding carboxylic acids is 4. The van der Waals surface area contributed by atoms with E-state index in [1.54, 1.807) is 52.6 Å². The highest BCUT2D eigenvalue weighted by Crippen LogP contribution is 2.26. The van der Waals surface area contributed by atoms with Crippen LogP contribution in [0.2, 0.25) is 0 Å². The van der Waals surface area contributed by atoms with Crippen molar-refractivity contribution in [2.24, 2.45) is 11.3 Å². The normalized spacial score (nSPS) is 18.6. The zero-order valence-corrected chi connectivity index (χ0v) is 24.8. The fourth-order valence-corrected chi connectivity index (χ4v) is 4.30. The third-order valence-electron chi connectivity index (χ3n) is 6.33. The molecule has 1 fully saturated rings. The molecule has 0 radical (unpaired) electrons. The summed E-state index contributed by atoms with van der Waals surface area (Å²) in [6, 6.07) is -1.94. The van der Waals surface area contributed by atoms with Crippen LogP contribution in [0.1, 0.15) is 88.5 Å². The van der Waals surface area contributed by atoms with Crippen molar-refractivity contribution in [2.45, 2.75) is 112 Å². The highest BCUT2D eigenvalue weighted by molar-refractivity contribution is 5.92. The summed E-state index contributed by atoms with van der Waals surface area (Å²) in [6.07, 6.45) is 3.31. The van der Waals surface area contributed by atoms with Crippen LogP contribution in [0.15, 0.2) is 11.6 Å². The zero-order chi connectivity index (χ0) is 28.7. The molecule has 1 rings (SSSR count). The molecular formula is C28H49N3O6. The van der Waals surface area contributed by atoms with Crippen LogP contribution in [-0.4, -0.2) is 77.6 Å². The first-order valence-electron chi connectivity index (χ1n) is 13.3. The number of nitrogens with zero attached hydrogens (tertiary/aromatic N) is 2. The summed E-state index contributed by atoms with van der Waals surface area (Å²) in [7, 11) is 1.68. The number of rotatable bonds is 8. The van der Waals surface area contributed by atoms with Gasteiger partial charge in [-0.25, -0.2) is 9.59 Å². The van der Waals surface area contributed by atoms with Gasteiger partial charge in [0.1, 0.15) is 17.7 Å². The van der Waals surface area contributed by atoms with E-state index >= 15 is 0 Å². The van der Waals surface area contributed by atoms with E-state index in [4.69, 9.17) is 9.47 Å². The van der Waals surface area contributed by atoms with E-state index in [1.165, 1.54) is 4.90 Å². The molecule has 37 heavy (non-hydrogen) atoms. The topological polar surface area (TPSA) is 105 Å². The molecule has 1 aliphatic rings. The fraction of sp³-hybridized carbons (Fsp3) is 0.786. The maximum absolute atomic E-state index is 13.8. The summed E-state index contributed by atoms with van der Waals surface area (Å²) in [5.41, 5.74) is -0.858. The van der Waals surface area contributed by atoms with Crippen LogP contribution in [-0.2, 0) is 23.9 Å². The molecule has 1 saturated heterocycles. The number of esters is 1. The number of ether oxygens (including phenoxy) is 2. The number of piperidine rings is 1. The van der Waals surface area contributed by atoms with E-state index in [1.807, 2.05) is 34.6 Å². The maximum Gasteiger partial charge on any atom is 0.410 e. The van der Waals surface area contributed by atoms with Gasteiger partial charge in [-0.15, -0.1) is 0 Å². The van der Waals surface area contributed by atoms with E-state index in [2.05, 4.69) is 5.32 Å². The molecule has 1 aliphatic heterocycles. The van der Waals surface area contributed by atoms with Crippen molar-refractivity contribution in [1.29, 1.82) is 0 Å². The van der Waals surface area contributed by atoms with Crippen LogP contribution in [0.3, 0.4) is 0 Å². The van der Waals surface area contributed by atoms with Crippen LogP contribution in [0.4, 0.5) is 4.79 Å². The number of carbonyl (C=O) groups is 4. The Kier molecular flexibility index (Phi) is 11.7. The number of likely N-dealkylation sites (tertiary alicyclic amines) is 1. The Balaban J connectivity index is 3.20. The van der Waals surface area contributed by atoms with Gasteiger partial charge >= 0.3 is 12.1 Å². The molecule has 9 heteroatoms. The number of amides is 3. The molecule has 0 spiro atoms.